The Hall–Kier alpha value is -3.01. The van der Waals surface area contributed by atoms with E-state index in [4.69, 9.17) is 0 Å². The number of imidazole rings is 1. The Morgan fingerprint density at radius 1 is 1.41 bits per heavy atom. The summed E-state index contributed by atoms with van der Waals surface area (Å²) in [6, 6.07) is 2.87. The van der Waals surface area contributed by atoms with E-state index in [1.54, 1.807) is 40.5 Å². The van der Waals surface area contributed by atoms with Gasteiger partial charge in [-0.05, 0) is 25.8 Å². The van der Waals surface area contributed by atoms with E-state index >= 15 is 0 Å². The Kier molecular flexibility index (Phi) is 4.71. The van der Waals surface area contributed by atoms with E-state index in [-0.39, 0.29) is 17.6 Å². The summed E-state index contributed by atoms with van der Waals surface area (Å²) in [4.78, 5) is 35.8. The van der Waals surface area contributed by atoms with Crippen molar-refractivity contribution in [2.75, 3.05) is 11.9 Å². The minimum absolute atomic E-state index is 0.0886. The molecule has 1 N–H and O–H groups in total. The van der Waals surface area contributed by atoms with E-state index in [2.05, 4.69) is 20.4 Å². The van der Waals surface area contributed by atoms with Gasteiger partial charge < -0.3 is 4.90 Å². The molecule has 3 aromatic heterocycles. The highest BCUT2D eigenvalue weighted by molar-refractivity contribution is 7.15. The highest BCUT2D eigenvalue weighted by Crippen LogP contribution is 2.22. The quantitative estimate of drug-likeness (QED) is 0.740. The van der Waals surface area contributed by atoms with Gasteiger partial charge in [-0.3, -0.25) is 14.7 Å². The average molecular weight is 385 g/mol. The fourth-order valence-electron chi connectivity index (χ4n) is 3.17. The van der Waals surface area contributed by atoms with Gasteiger partial charge in [-0.1, -0.05) is 0 Å². The van der Waals surface area contributed by atoms with Gasteiger partial charge in [0.2, 0.25) is 0 Å². The first-order chi connectivity index (χ1) is 13.1. The van der Waals surface area contributed by atoms with Crippen LogP contribution in [0.5, 0.6) is 0 Å². The van der Waals surface area contributed by atoms with Crippen molar-refractivity contribution < 1.29 is 4.79 Å². The van der Waals surface area contributed by atoms with Crippen LogP contribution in [0.3, 0.4) is 0 Å². The van der Waals surface area contributed by atoms with Gasteiger partial charge in [0.05, 0.1) is 12.6 Å². The Balaban J connectivity index is 1.50. The molecule has 1 fully saturated rings. The number of anilines is 1. The highest BCUT2D eigenvalue weighted by Gasteiger charge is 2.30. The van der Waals surface area contributed by atoms with E-state index in [1.807, 2.05) is 6.92 Å². The molecule has 4 heterocycles. The number of thiazole rings is 1. The van der Waals surface area contributed by atoms with Crippen molar-refractivity contribution in [3.05, 3.63) is 52.3 Å². The summed E-state index contributed by atoms with van der Waals surface area (Å²) in [5, 5.41) is 7.84. The summed E-state index contributed by atoms with van der Waals surface area (Å²) in [5.74, 6) is 0.611. The number of likely N-dealkylation sites (tertiary alicyclic amines) is 1. The Morgan fingerprint density at radius 3 is 3.04 bits per heavy atom. The van der Waals surface area contributed by atoms with Crippen molar-refractivity contribution in [3.8, 4) is 5.82 Å². The molecule has 0 aliphatic carbocycles. The molecule has 1 aliphatic heterocycles. The van der Waals surface area contributed by atoms with Gasteiger partial charge in [-0.25, -0.2) is 19.4 Å². The van der Waals surface area contributed by atoms with Crippen LogP contribution in [0, 0.1) is 6.92 Å². The number of hydrogen-bond donors (Lipinski definition) is 1. The second-order valence-corrected chi connectivity index (χ2v) is 7.61. The van der Waals surface area contributed by atoms with E-state index in [9.17, 15) is 9.59 Å². The maximum atomic E-state index is 12.6. The molecule has 9 nitrogen and oxygen atoms in total. The molecule has 0 saturated carbocycles. The lowest BCUT2D eigenvalue weighted by Crippen LogP contribution is -2.42. The lowest BCUT2D eigenvalue weighted by molar-refractivity contribution is 0.199. The lowest BCUT2D eigenvalue weighted by Gasteiger charge is -2.24. The third-order valence-corrected chi connectivity index (χ3v) is 5.31. The van der Waals surface area contributed by atoms with Gasteiger partial charge in [0.1, 0.15) is 6.33 Å². The zero-order chi connectivity index (χ0) is 18.8. The van der Waals surface area contributed by atoms with Crippen LogP contribution in [0.1, 0.15) is 17.7 Å². The number of aromatic nitrogens is 5. The van der Waals surface area contributed by atoms with Crippen molar-refractivity contribution in [1.82, 2.24) is 29.2 Å². The van der Waals surface area contributed by atoms with Crippen LogP contribution in [0.2, 0.25) is 0 Å². The fourth-order valence-corrected chi connectivity index (χ4v) is 3.82. The maximum Gasteiger partial charge on any atom is 0.323 e. The van der Waals surface area contributed by atoms with Gasteiger partial charge in [0.25, 0.3) is 5.56 Å². The predicted octanol–water partition coefficient (Wildman–Crippen LogP) is 1.89. The molecule has 1 unspecified atom stereocenters. The molecule has 27 heavy (non-hydrogen) atoms. The second kappa shape index (κ2) is 7.31. The SMILES string of the molecule is Cc1cnc(NC(=O)N2CCCC2Cn2nc(-n3ccnc3)ccc2=O)s1. The smallest absolute Gasteiger partial charge is 0.320 e. The zero-order valence-electron chi connectivity index (χ0n) is 14.8. The minimum Gasteiger partial charge on any atom is -0.320 e. The first-order valence-electron chi connectivity index (χ1n) is 8.67. The molecule has 140 valence electrons. The molecule has 1 atom stereocenters. The third-order valence-electron chi connectivity index (χ3n) is 4.48. The van der Waals surface area contributed by atoms with Crippen LogP contribution in [0.15, 0.2) is 41.8 Å². The maximum absolute atomic E-state index is 12.6. The summed E-state index contributed by atoms with van der Waals surface area (Å²) in [5.41, 5.74) is -0.193. The molecular formula is C17H19N7O2S. The van der Waals surface area contributed by atoms with Crippen molar-refractivity contribution in [3.63, 3.8) is 0 Å². The summed E-state index contributed by atoms with van der Waals surface area (Å²) >= 11 is 1.44. The van der Waals surface area contributed by atoms with E-state index in [0.29, 0.717) is 24.0 Å². The number of hydrogen-bond acceptors (Lipinski definition) is 6. The fraction of sp³-hybridized carbons (Fsp3) is 0.353. The van der Waals surface area contributed by atoms with Gasteiger partial charge >= 0.3 is 6.03 Å². The summed E-state index contributed by atoms with van der Waals surface area (Å²) in [6.45, 7) is 2.94. The first-order valence-corrected chi connectivity index (χ1v) is 9.48. The van der Waals surface area contributed by atoms with Crippen LogP contribution in [-0.2, 0) is 6.54 Å². The second-order valence-electron chi connectivity index (χ2n) is 6.38. The molecule has 2 amide bonds. The minimum atomic E-state index is -0.193. The molecular weight excluding hydrogens is 366 g/mol. The molecule has 1 saturated heterocycles. The molecule has 0 radical (unpaired) electrons. The van der Waals surface area contributed by atoms with Crippen molar-refractivity contribution >= 4 is 22.5 Å². The largest absolute Gasteiger partial charge is 0.323 e. The van der Waals surface area contributed by atoms with Crippen LogP contribution >= 0.6 is 11.3 Å². The van der Waals surface area contributed by atoms with Gasteiger partial charge in [0.15, 0.2) is 10.9 Å². The molecule has 0 aromatic carbocycles. The Bertz CT molecular complexity index is 995. The monoisotopic (exact) mass is 385 g/mol. The van der Waals surface area contributed by atoms with Crippen LogP contribution in [-0.4, -0.2) is 47.8 Å². The van der Waals surface area contributed by atoms with Gasteiger partial charge in [-0.15, -0.1) is 11.3 Å². The number of amides is 2. The number of nitrogens with one attached hydrogen (secondary N) is 1. The Morgan fingerprint density at radius 2 is 2.30 bits per heavy atom. The number of carbonyl (C=O) groups is 1. The first kappa shape index (κ1) is 17.4. The highest BCUT2D eigenvalue weighted by atomic mass is 32.1. The number of rotatable bonds is 4. The molecule has 1 aliphatic rings. The topological polar surface area (TPSA) is 97.9 Å². The zero-order valence-corrected chi connectivity index (χ0v) is 15.6. The van der Waals surface area contributed by atoms with Crippen LogP contribution in [0.4, 0.5) is 9.93 Å². The normalized spacial score (nSPS) is 16.6. The molecule has 3 aromatic rings. The van der Waals surface area contributed by atoms with Crippen molar-refractivity contribution in [1.29, 1.82) is 0 Å². The van der Waals surface area contributed by atoms with E-state index in [1.165, 1.54) is 22.1 Å². The number of nitrogens with zero attached hydrogens (tertiary/aromatic N) is 6. The van der Waals surface area contributed by atoms with Gasteiger partial charge in [-0.2, -0.15) is 5.10 Å². The predicted molar refractivity (Wildman–Crippen MR) is 101 cm³/mol. The summed E-state index contributed by atoms with van der Waals surface area (Å²) in [7, 11) is 0. The summed E-state index contributed by atoms with van der Waals surface area (Å²) < 4.78 is 3.15. The van der Waals surface area contributed by atoms with Crippen molar-refractivity contribution in [2.24, 2.45) is 0 Å². The van der Waals surface area contributed by atoms with Crippen LogP contribution < -0.4 is 10.9 Å². The summed E-state index contributed by atoms with van der Waals surface area (Å²) in [6.07, 6.45) is 8.50. The van der Waals surface area contributed by atoms with Crippen LogP contribution in [0.25, 0.3) is 5.82 Å². The van der Waals surface area contributed by atoms with E-state index in [0.717, 1.165) is 17.7 Å². The van der Waals surface area contributed by atoms with E-state index < -0.39 is 0 Å². The molecule has 4 rings (SSSR count). The standard InChI is InChI=1S/C17H19N7O2S/c1-12-9-19-16(27-12)20-17(26)23-7-2-3-13(23)10-24-15(25)5-4-14(21-24)22-8-6-18-11-22/h4-6,8-9,11,13H,2-3,7,10H2,1H3,(H,19,20,26). The van der Waals surface area contributed by atoms with Gasteiger partial charge in [0, 0.05) is 36.1 Å². The van der Waals surface area contributed by atoms with Crippen molar-refractivity contribution in [2.45, 2.75) is 32.4 Å². The Labute approximate surface area is 159 Å². The molecule has 10 heteroatoms. The number of aryl methyl sites for hydroxylation is 1. The number of urea groups is 1. The molecule has 0 bridgehead atoms. The average Bonchev–Trinajstić information content (AvgIpc) is 3.39. The third kappa shape index (κ3) is 3.75. The lowest BCUT2D eigenvalue weighted by atomic mass is 10.2. The number of carbonyl (C=O) groups excluding carboxylic acids is 1. The molecule has 0 spiro atoms.